The van der Waals surface area contributed by atoms with Gasteiger partial charge in [0.2, 0.25) is 0 Å². The van der Waals surface area contributed by atoms with Gasteiger partial charge in [0, 0.05) is 0 Å². The van der Waals surface area contributed by atoms with Crippen molar-refractivity contribution in [1.82, 2.24) is 0 Å². The van der Waals surface area contributed by atoms with Gasteiger partial charge in [-0.25, -0.2) is 0 Å². The number of rotatable bonds is 8. The van der Waals surface area contributed by atoms with Gasteiger partial charge in [-0.2, -0.15) is 0 Å². The Morgan fingerprint density at radius 3 is 2.60 bits per heavy atom. The second-order valence-corrected chi connectivity index (χ2v) is 3.87. The van der Waals surface area contributed by atoms with Crippen LogP contribution in [0, 0.1) is 5.92 Å². The SMILES string of the molecule is C=C/C=C(O)\C=C/CCC(CC)CCC. The number of hydrogen-bond donors (Lipinski definition) is 1. The Balaban J connectivity index is 3.76. The minimum atomic E-state index is 0.286. The predicted octanol–water partition coefficient (Wildman–Crippen LogP) is 4.78. The highest BCUT2D eigenvalue weighted by Gasteiger charge is 2.02. The lowest BCUT2D eigenvalue weighted by atomic mass is 9.95. The third-order valence-corrected chi connectivity index (χ3v) is 2.59. The van der Waals surface area contributed by atoms with E-state index in [1.165, 1.54) is 25.7 Å². The summed E-state index contributed by atoms with van der Waals surface area (Å²) in [6.45, 7) is 8.01. The first-order chi connectivity index (χ1) is 7.24. The van der Waals surface area contributed by atoms with E-state index in [1.54, 1.807) is 18.2 Å². The molecular formula is C14H24O. The van der Waals surface area contributed by atoms with Crippen LogP contribution >= 0.6 is 0 Å². The third-order valence-electron chi connectivity index (χ3n) is 2.59. The maximum atomic E-state index is 9.28. The molecule has 0 aliphatic rings. The largest absolute Gasteiger partial charge is 0.508 e. The Hall–Kier alpha value is -0.980. The van der Waals surface area contributed by atoms with Crippen molar-refractivity contribution < 1.29 is 5.11 Å². The summed E-state index contributed by atoms with van der Waals surface area (Å²) in [5, 5.41) is 9.28. The summed E-state index contributed by atoms with van der Waals surface area (Å²) in [4.78, 5) is 0. The van der Waals surface area contributed by atoms with Crippen molar-refractivity contribution in [2.45, 2.75) is 46.0 Å². The van der Waals surface area contributed by atoms with Gasteiger partial charge in [-0.15, -0.1) is 0 Å². The van der Waals surface area contributed by atoms with Crippen molar-refractivity contribution in [2.24, 2.45) is 5.92 Å². The van der Waals surface area contributed by atoms with Gasteiger partial charge in [-0.1, -0.05) is 51.8 Å². The van der Waals surface area contributed by atoms with Crippen LogP contribution < -0.4 is 0 Å². The molecule has 1 unspecified atom stereocenters. The average Bonchev–Trinajstić information content (AvgIpc) is 2.23. The fourth-order valence-electron chi connectivity index (χ4n) is 1.67. The summed E-state index contributed by atoms with van der Waals surface area (Å²) >= 11 is 0. The molecule has 0 heterocycles. The molecule has 1 heteroatoms. The van der Waals surface area contributed by atoms with Gasteiger partial charge in [0.1, 0.15) is 5.76 Å². The van der Waals surface area contributed by atoms with Gasteiger partial charge in [-0.3, -0.25) is 0 Å². The molecule has 0 radical (unpaired) electrons. The van der Waals surface area contributed by atoms with Crippen LogP contribution in [0.3, 0.4) is 0 Å². The Kier molecular flexibility index (Phi) is 8.95. The summed E-state index contributed by atoms with van der Waals surface area (Å²) < 4.78 is 0. The first-order valence-corrected chi connectivity index (χ1v) is 5.92. The lowest BCUT2D eigenvalue weighted by Crippen LogP contribution is -1.96. The second kappa shape index (κ2) is 9.57. The molecule has 0 aromatic rings. The first-order valence-electron chi connectivity index (χ1n) is 5.92. The highest BCUT2D eigenvalue weighted by molar-refractivity contribution is 5.15. The van der Waals surface area contributed by atoms with Crippen LogP contribution in [0.1, 0.15) is 46.0 Å². The molecule has 86 valence electrons. The van der Waals surface area contributed by atoms with E-state index in [-0.39, 0.29) is 5.76 Å². The molecule has 0 amide bonds. The van der Waals surface area contributed by atoms with E-state index in [2.05, 4.69) is 20.4 Å². The van der Waals surface area contributed by atoms with E-state index < -0.39 is 0 Å². The van der Waals surface area contributed by atoms with Crippen LogP contribution in [0.15, 0.2) is 36.6 Å². The normalized spacial score (nSPS) is 14.4. The van der Waals surface area contributed by atoms with E-state index in [1.807, 2.05) is 6.08 Å². The Morgan fingerprint density at radius 1 is 1.33 bits per heavy atom. The van der Waals surface area contributed by atoms with Crippen LogP contribution in [0.25, 0.3) is 0 Å². The van der Waals surface area contributed by atoms with E-state index in [9.17, 15) is 5.11 Å². The number of hydrogen-bond acceptors (Lipinski definition) is 1. The fourth-order valence-corrected chi connectivity index (χ4v) is 1.67. The van der Waals surface area contributed by atoms with Gasteiger partial charge in [0.05, 0.1) is 0 Å². The topological polar surface area (TPSA) is 20.2 Å². The van der Waals surface area contributed by atoms with Crippen LogP contribution in [0.4, 0.5) is 0 Å². The highest BCUT2D eigenvalue weighted by Crippen LogP contribution is 2.17. The molecule has 0 rings (SSSR count). The monoisotopic (exact) mass is 208 g/mol. The molecule has 1 N–H and O–H groups in total. The number of aliphatic hydroxyl groups is 1. The smallest absolute Gasteiger partial charge is 0.115 e. The quantitative estimate of drug-likeness (QED) is 0.449. The molecule has 0 saturated carbocycles. The zero-order valence-electron chi connectivity index (χ0n) is 10.1. The number of aliphatic hydroxyl groups excluding tert-OH is 1. The Bertz CT molecular complexity index is 213. The summed E-state index contributed by atoms with van der Waals surface area (Å²) in [6, 6.07) is 0. The van der Waals surface area contributed by atoms with Gasteiger partial charge in [0.15, 0.2) is 0 Å². The van der Waals surface area contributed by atoms with Crippen LogP contribution in [0.2, 0.25) is 0 Å². The maximum Gasteiger partial charge on any atom is 0.115 e. The summed E-state index contributed by atoms with van der Waals surface area (Å²) in [5.41, 5.74) is 0. The van der Waals surface area contributed by atoms with Gasteiger partial charge in [-0.05, 0) is 30.9 Å². The van der Waals surface area contributed by atoms with Crippen molar-refractivity contribution >= 4 is 0 Å². The highest BCUT2D eigenvalue weighted by atomic mass is 16.3. The molecule has 0 aromatic carbocycles. The van der Waals surface area contributed by atoms with Crippen LogP contribution in [-0.4, -0.2) is 5.11 Å². The van der Waals surface area contributed by atoms with Crippen molar-refractivity contribution in [3.8, 4) is 0 Å². The van der Waals surface area contributed by atoms with Gasteiger partial charge < -0.3 is 5.11 Å². The van der Waals surface area contributed by atoms with E-state index >= 15 is 0 Å². The molecule has 0 spiro atoms. The number of allylic oxidation sites excluding steroid dienone is 4. The molecule has 1 atom stereocenters. The van der Waals surface area contributed by atoms with Crippen molar-refractivity contribution in [1.29, 1.82) is 0 Å². The average molecular weight is 208 g/mol. The second-order valence-electron chi connectivity index (χ2n) is 3.87. The van der Waals surface area contributed by atoms with Crippen LogP contribution in [-0.2, 0) is 0 Å². The molecule has 0 bridgehead atoms. The summed E-state index contributed by atoms with van der Waals surface area (Å²) in [7, 11) is 0. The molecule has 0 fully saturated rings. The molecular weight excluding hydrogens is 184 g/mol. The third kappa shape index (κ3) is 8.04. The first kappa shape index (κ1) is 14.0. The summed E-state index contributed by atoms with van der Waals surface area (Å²) in [6.07, 6.45) is 13.1. The van der Waals surface area contributed by atoms with E-state index in [4.69, 9.17) is 0 Å². The lowest BCUT2D eigenvalue weighted by Gasteiger charge is -2.11. The maximum absolute atomic E-state index is 9.28. The molecule has 0 saturated heterocycles. The summed E-state index contributed by atoms with van der Waals surface area (Å²) in [5.74, 6) is 1.12. The minimum Gasteiger partial charge on any atom is -0.508 e. The molecule has 1 nitrogen and oxygen atoms in total. The van der Waals surface area contributed by atoms with E-state index in [0.717, 1.165) is 12.3 Å². The molecule has 0 aromatic heterocycles. The molecule has 0 aliphatic heterocycles. The van der Waals surface area contributed by atoms with Crippen LogP contribution in [0.5, 0.6) is 0 Å². The van der Waals surface area contributed by atoms with E-state index in [0.29, 0.717) is 0 Å². The van der Waals surface area contributed by atoms with Crippen molar-refractivity contribution in [3.63, 3.8) is 0 Å². The zero-order chi connectivity index (χ0) is 11.5. The van der Waals surface area contributed by atoms with Gasteiger partial charge in [0.25, 0.3) is 0 Å². The standard InChI is InChI=1S/C14H24O/c1-4-9-13(6-3)11-7-8-12-14(15)10-5-2/h5,8,10,12-13,15H,2,4,6-7,9,11H2,1,3H3/b12-8-,14-10+. The minimum absolute atomic E-state index is 0.286. The Morgan fingerprint density at radius 2 is 2.07 bits per heavy atom. The zero-order valence-corrected chi connectivity index (χ0v) is 10.1. The predicted molar refractivity (Wildman–Crippen MR) is 68.0 cm³/mol. The lowest BCUT2D eigenvalue weighted by molar-refractivity contribution is 0.427. The Labute approximate surface area is 94.2 Å². The molecule has 15 heavy (non-hydrogen) atoms. The van der Waals surface area contributed by atoms with Gasteiger partial charge >= 0.3 is 0 Å². The molecule has 0 aliphatic carbocycles. The fraction of sp³-hybridized carbons (Fsp3) is 0.571. The van der Waals surface area contributed by atoms with Crippen molar-refractivity contribution in [2.75, 3.05) is 0 Å². The van der Waals surface area contributed by atoms with Crippen molar-refractivity contribution in [3.05, 3.63) is 36.6 Å².